The Labute approximate surface area is 73.8 Å². The lowest BCUT2D eigenvalue weighted by atomic mass is 9.83. The van der Waals surface area contributed by atoms with Crippen molar-refractivity contribution in [1.29, 1.82) is 0 Å². The second kappa shape index (κ2) is 2.14. The minimum absolute atomic E-state index is 0.278. The van der Waals surface area contributed by atoms with E-state index in [0.29, 0.717) is 6.10 Å². The fourth-order valence-electron chi connectivity index (χ4n) is 3.49. The highest BCUT2D eigenvalue weighted by Gasteiger charge is 2.53. The molecule has 0 N–H and O–H groups in total. The summed E-state index contributed by atoms with van der Waals surface area (Å²) in [5.41, 5.74) is 1.77. The third kappa shape index (κ3) is 0.731. The maximum Gasteiger partial charge on any atom is 0.0752 e. The van der Waals surface area contributed by atoms with Gasteiger partial charge in [-0.1, -0.05) is 12.2 Å². The van der Waals surface area contributed by atoms with E-state index in [2.05, 4.69) is 6.58 Å². The molecule has 3 atom stereocenters. The molecular formula is C11H16O. The Kier molecular flexibility index (Phi) is 1.27. The van der Waals surface area contributed by atoms with Gasteiger partial charge in [0.05, 0.1) is 11.7 Å². The van der Waals surface area contributed by atoms with Crippen LogP contribution in [0.4, 0.5) is 0 Å². The molecule has 2 heterocycles. The largest absolute Gasteiger partial charge is 0.371 e. The van der Waals surface area contributed by atoms with E-state index in [9.17, 15) is 0 Å². The summed E-state index contributed by atoms with van der Waals surface area (Å²) >= 11 is 0. The molecule has 0 aromatic heterocycles. The van der Waals surface area contributed by atoms with Crippen molar-refractivity contribution in [1.82, 2.24) is 0 Å². The van der Waals surface area contributed by atoms with Crippen molar-refractivity contribution in [2.24, 2.45) is 5.92 Å². The quantitative estimate of drug-likeness (QED) is 0.500. The van der Waals surface area contributed by atoms with Crippen LogP contribution in [0.1, 0.15) is 38.5 Å². The van der Waals surface area contributed by atoms with Gasteiger partial charge >= 0.3 is 0 Å². The molecule has 1 aliphatic carbocycles. The lowest BCUT2D eigenvalue weighted by molar-refractivity contribution is -0.0780. The van der Waals surface area contributed by atoms with Crippen molar-refractivity contribution in [3.05, 3.63) is 12.2 Å². The van der Waals surface area contributed by atoms with Crippen LogP contribution in [-0.4, -0.2) is 11.7 Å². The third-order valence-corrected chi connectivity index (χ3v) is 4.00. The summed E-state index contributed by atoms with van der Waals surface area (Å²) in [6.45, 7) is 4.21. The summed E-state index contributed by atoms with van der Waals surface area (Å²) in [7, 11) is 0. The van der Waals surface area contributed by atoms with Crippen LogP contribution in [0.2, 0.25) is 0 Å². The molecule has 0 aromatic rings. The Morgan fingerprint density at radius 3 is 3.17 bits per heavy atom. The van der Waals surface area contributed by atoms with E-state index < -0.39 is 0 Å². The van der Waals surface area contributed by atoms with Gasteiger partial charge in [-0.2, -0.15) is 0 Å². The number of ether oxygens (including phenoxy) is 1. The Hall–Kier alpha value is -0.300. The molecule has 1 saturated carbocycles. The average Bonchev–Trinajstić information content (AvgIpc) is 2.59. The van der Waals surface area contributed by atoms with Gasteiger partial charge in [0.1, 0.15) is 0 Å². The van der Waals surface area contributed by atoms with Gasteiger partial charge in [0.25, 0.3) is 0 Å². The van der Waals surface area contributed by atoms with Gasteiger partial charge in [-0.25, -0.2) is 0 Å². The highest BCUT2D eigenvalue weighted by molar-refractivity contribution is 5.19. The first-order chi connectivity index (χ1) is 5.80. The number of hydrogen-bond acceptors (Lipinski definition) is 1. The van der Waals surface area contributed by atoms with Crippen molar-refractivity contribution in [2.45, 2.75) is 50.2 Å². The van der Waals surface area contributed by atoms with Gasteiger partial charge in [0.2, 0.25) is 0 Å². The summed E-state index contributed by atoms with van der Waals surface area (Å²) in [5, 5.41) is 0. The van der Waals surface area contributed by atoms with Crippen LogP contribution in [0.25, 0.3) is 0 Å². The van der Waals surface area contributed by atoms with Crippen molar-refractivity contribution in [3.63, 3.8) is 0 Å². The molecule has 0 radical (unpaired) electrons. The monoisotopic (exact) mass is 164 g/mol. The maximum atomic E-state index is 6.12. The van der Waals surface area contributed by atoms with Crippen LogP contribution >= 0.6 is 0 Å². The van der Waals surface area contributed by atoms with Crippen molar-refractivity contribution in [2.75, 3.05) is 0 Å². The van der Waals surface area contributed by atoms with E-state index in [-0.39, 0.29) is 5.60 Å². The second-order valence-electron chi connectivity index (χ2n) is 4.65. The average molecular weight is 164 g/mol. The van der Waals surface area contributed by atoms with Crippen molar-refractivity contribution in [3.8, 4) is 0 Å². The summed E-state index contributed by atoms with van der Waals surface area (Å²) in [5.74, 6) is 0.719. The lowest BCUT2D eigenvalue weighted by Crippen LogP contribution is -2.38. The van der Waals surface area contributed by atoms with Crippen LogP contribution in [0, 0.1) is 5.92 Å². The van der Waals surface area contributed by atoms with E-state index in [1.165, 1.54) is 37.7 Å². The van der Waals surface area contributed by atoms with Crippen LogP contribution < -0.4 is 0 Å². The standard InChI is InChI=1S/C11H16O/c1-8-7-9-4-6-11(12-9)5-2-3-10(8)11/h9-10H,1-7H2/t9-,10?,11+/m1/s1. The molecule has 66 valence electrons. The molecule has 1 heteroatoms. The minimum atomic E-state index is 0.278. The van der Waals surface area contributed by atoms with E-state index in [1.54, 1.807) is 0 Å². The van der Waals surface area contributed by atoms with Crippen LogP contribution in [0.15, 0.2) is 12.2 Å². The molecule has 2 bridgehead atoms. The smallest absolute Gasteiger partial charge is 0.0752 e. The zero-order valence-electron chi connectivity index (χ0n) is 7.51. The molecular weight excluding hydrogens is 148 g/mol. The minimum Gasteiger partial charge on any atom is -0.371 e. The van der Waals surface area contributed by atoms with Gasteiger partial charge < -0.3 is 4.74 Å². The Bertz CT molecular complexity index is 233. The summed E-state index contributed by atoms with van der Waals surface area (Å²) in [6, 6.07) is 0. The van der Waals surface area contributed by atoms with E-state index in [4.69, 9.17) is 4.74 Å². The van der Waals surface area contributed by atoms with Crippen LogP contribution in [0.3, 0.4) is 0 Å². The van der Waals surface area contributed by atoms with Crippen LogP contribution in [-0.2, 0) is 4.74 Å². The molecule has 1 nitrogen and oxygen atoms in total. The van der Waals surface area contributed by atoms with Crippen molar-refractivity contribution < 1.29 is 4.74 Å². The van der Waals surface area contributed by atoms with Gasteiger partial charge in [-0.15, -0.1) is 0 Å². The molecule has 1 unspecified atom stereocenters. The lowest BCUT2D eigenvalue weighted by Gasteiger charge is -2.37. The fourth-order valence-corrected chi connectivity index (χ4v) is 3.49. The molecule has 0 aromatic carbocycles. The number of rotatable bonds is 0. The van der Waals surface area contributed by atoms with Crippen molar-refractivity contribution >= 4 is 0 Å². The van der Waals surface area contributed by atoms with E-state index in [0.717, 1.165) is 12.3 Å². The normalized spacial score (nSPS) is 51.2. The predicted octanol–water partition coefficient (Wildman–Crippen LogP) is 2.66. The first kappa shape index (κ1) is 7.14. The topological polar surface area (TPSA) is 9.23 Å². The first-order valence-corrected chi connectivity index (χ1v) is 5.16. The maximum absolute atomic E-state index is 6.12. The SMILES string of the molecule is C=C1C[C@H]2CC[C@]3(CCCC13)O2. The van der Waals surface area contributed by atoms with E-state index >= 15 is 0 Å². The zero-order chi connectivity index (χ0) is 8.18. The van der Waals surface area contributed by atoms with E-state index in [1.807, 2.05) is 0 Å². The molecule has 3 rings (SSSR count). The van der Waals surface area contributed by atoms with Gasteiger partial charge in [0.15, 0.2) is 0 Å². The van der Waals surface area contributed by atoms with Gasteiger partial charge in [-0.05, 0) is 38.5 Å². The zero-order valence-corrected chi connectivity index (χ0v) is 7.51. The Balaban J connectivity index is 2.01. The molecule has 3 aliphatic rings. The molecule has 2 saturated heterocycles. The van der Waals surface area contributed by atoms with Crippen LogP contribution in [0.5, 0.6) is 0 Å². The predicted molar refractivity (Wildman–Crippen MR) is 47.9 cm³/mol. The molecule has 1 spiro atoms. The summed E-state index contributed by atoms with van der Waals surface area (Å²) < 4.78 is 6.12. The Morgan fingerprint density at radius 2 is 2.25 bits per heavy atom. The first-order valence-electron chi connectivity index (χ1n) is 5.16. The number of fused-ring (bicyclic) bond motifs is 1. The van der Waals surface area contributed by atoms with Gasteiger partial charge in [-0.3, -0.25) is 0 Å². The van der Waals surface area contributed by atoms with Gasteiger partial charge in [0, 0.05) is 5.92 Å². The highest BCUT2D eigenvalue weighted by atomic mass is 16.5. The molecule has 12 heavy (non-hydrogen) atoms. The summed E-state index contributed by atoms with van der Waals surface area (Å²) in [4.78, 5) is 0. The number of hydrogen-bond donors (Lipinski definition) is 0. The Morgan fingerprint density at radius 1 is 1.33 bits per heavy atom. The molecule has 2 aliphatic heterocycles. The highest BCUT2D eigenvalue weighted by Crippen LogP contribution is 2.55. The molecule has 3 fully saturated rings. The fraction of sp³-hybridized carbons (Fsp3) is 0.818. The molecule has 0 amide bonds. The summed E-state index contributed by atoms with van der Waals surface area (Å²) in [6.07, 6.45) is 8.27. The third-order valence-electron chi connectivity index (χ3n) is 4.00. The second-order valence-corrected chi connectivity index (χ2v) is 4.65.